The van der Waals surface area contributed by atoms with Crippen LogP contribution in [0.2, 0.25) is 0 Å². The number of para-hydroxylation sites is 1. The Morgan fingerprint density at radius 1 is 1.00 bits per heavy atom. The van der Waals surface area contributed by atoms with Crippen LogP contribution in [0.3, 0.4) is 0 Å². The second kappa shape index (κ2) is 7.08. The molecule has 0 saturated heterocycles. The average molecular weight is 373 g/mol. The van der Waals surface area contributed by atoms with Gasteiger partial charge in [-0.05, 0) is 61.5 Å². The molecule has 0 fully saturated rings. The number of halogens is 1. The molecule has 4 aromatic rings. The molecule has 5 nitrogen and oxygen atoms in total. The number of aryl methyl sites for hydroxylation is 1. The molecule has 6 heteroatoms. The van der Waals surface area contributed by atoms with E-state index >= 15 is 0 Å². The van der Waals surface area contributed by atoms with Gasteiger partial charge in [-0.3, -0.25) is 14.2 Å². The van der Waals surface area contributed by atoms with Gasteiger partial charge in [0.15, 0.2) is 0 Å². The van der Waals surface area contributed by atoms with Crippen LogP contribution in [0.4, 0.5) is 10.1 Å². The summed E-state index contributed by atoms with van der Waals surface area (Å²) >= 11 is 0. The maximum absolute atomic E-state index is 13.0. The van der Waals surface area contributed by atoms with Crippen molar-refractivity contribution in [3.8, 4) is 5.69 Å². The lowest BCUT2D eigenvalue weighted by molar-refractivity contribution is 0.102. The Morgan fingerprint density at radius 3 is 2.54 bits per heavy atom. The van der Waals surface area contributed by atoms with Crippen molar-refractivity contribution in [1.29, 1.82) is 0 Å². The van der Waals surface area contributed by atoms with E-state index in [1.165, 1.54) is 28.8 Å². The second-order valence-electron chi connectivity index (χ2n) is 6.33. The molecule has 1 aromatic heterocycles. The van der Waals surface area contributed by atoms with Crippen molar-refractivity contribution in [2.45, 2.75) is 6.92 Å². The number of carbonyl (C=O) groups is 1. The van der Waals surface area contributed by atoms with Crippen molar-refractivity contribution in [3.63, 3.8) is 0 Å². The van der Waals surface area contributed by atoms with Crippen LogP contribution in [0.15, 0.2) is 77.6 Å². The van der Waals surface area contributed by atoms with Gasteiger partial charge in [-0.25, -0.2) is 9.37 Å². The van der Waals surface area contributed by atoms with Crippen molar-refractivity contribution in [3.05, 3.63) is 100 Å². The first kappa shape index (κ1) is 17.6. The van der Waals surface area contributed by atoms with Gasteiger partial charge >= 0.3 is 0 Å². The van der Waals surface area contributed by atoms with Crippen LogP contribution in [0.25, 0.3) is 16.6 Å². The standard InChI is InChI=1S/C22H16FN3O2/c1-14-24-20-8-3-2-7-19(20)22(28)26(14)18-6-4-5-17(13-18)25-21(27)15-9-11-16(23)12-10-15/h2-13H,1H3,(H,25,27). The summed E-state index contributed by atoms with van der Waals surface area (Å²) in [6.45, 7) is 1.76. The minimum atomic E-state index is -0.405. The van der Waals surface area contributed by atoms with E-state index in [1.807, 2.05) is 6.07 Å². The monoisotopic (exact) mass is 373 g/mol. The number of amides is 1. The van der Waals surface area contributed by atoms with Crippen molar-refractivity contribution in [1.82, 2.24) is 9.55 Å². The molecule has 0 aliphatic heterocycles. The topological polar surface area (TPSA) is 64.0 Å². The third kappa shape index (κ3) is 3.27. The molecule has 0 aliphatic carbocycles. The van der Waals surface area contributed by atoms with Crippen molar-refractivity contribution in [2.24, 2.45) is 0 Å². The molecular weight excluding hydrogens is 357 g/mol. The van der Waals surface area contributed by atoms with Crippen LogP contribution < -0.4 is 10.9 Å². The second-order valence-corrected chi connectivity index (χ2v) is 6.33. The number of nitrogens with zero attached hydrogens (tertiary/aromatic N) is 2. The number of rotatable bonds is 3. The zero-order valence-electron chi connectivity index (χ0n) is 15.0. The molecule has 0 aliphatic rings. The summed E-state index contributed by atoms with van der Waals surface area (Å²) in [6.07, 6.45) is 0. The van der Waals surface area contributed by atoms with E-state index in [2.05, 4.69) is 10.3 Å². The molecule has 0 radical (unpaired) electrons. The zero-order chi connectivity index (χ0) is 19.7. The molecule has 3 aromatic carbocycles. The zero-order valence-corrected chi connectivity index (χ0v) is 15.0. The number of benzene rings is 3. The van der Waals surface area contributed by atoms with Crippen molar-refractivity contribution in [2.75, 3.05) is 5.32 Å². The summed E-state index contributed by atoms with van der Waals surface area (Å²) in [6, 6.07) is 19.4. The third-order valence-electron chi connectivity index (χ3n) is 4.41. The number of aromatic nitrogens is 2. The van der Waals surface area contributed by atoms with E-state index in [0.29, 0.717) is 33.7 Å². The van der Waals surface area contributed by atoms with Gasteiger partial charge in [-0.15, -0.1) is 0 Å². The van der Waals surface area contributed by atoms with Gasteiger partial charge in [0.2, 0.25) is 0 Å². The molecule has 1 amide bonds. The number of nitrogens with one attached hydrogen (secondary N) is 1. The van der Waals surface area contributed by atoms with Gasteiger partial charge in [0.1, 0.15) is 11.6 Å². The SMILES string of the molecule is Cc1nc2ccccc2c(=O)n1-c1cccc(NC(=O)c2ccc(F)cc2)c1. The molecule has 1 heterocycles. The largest absolute Gasteiger partial charge is 0.322 e. The van der Waals surface area contributed by atoms with Crippen molar-refractivity contribution < 1.29 is 9.18 Å². The fourth-order valence-corrected chi connectivity index (χ4v) is 3.08. The van der Waals surface area contributed by atoms with Gasteiger partial charge in [-0.2, -0.15) is 0 Å². The number of hydrogen-bond acceptors (Lipinski definition) is 3. The van der Waals surface area contributed by atoms with E-state index < -0.39 is 5.82 Å². The lowest BCUT2D eigenvalue weighted by atomic mass is 10.2. The first-order valence-corrected chi connectivity index (χ1v) is 8.69. The Morgan fingerprint density at radius 2 is 1.75 bits per heavy atom. The highest BCUT2D eigenvalue weighted by Gasteiger charge is 2.11. The lowest BCUT2D eigenvalue weighted by Crippen LogP contribution is -2.22. The highest BCUT2D eigenvalue weighted by Crippen LogP contribution is 2.17. The lowest BCUT2D eigenvalue weighted by Gasteiger charge is -2.12. The van der Waals surface area contributed by atoms with Gasteiger partial charge in [0.05, 0.1) is 16.6 Å². The molecule has 0 spiro atoms. The number of carbonyl (C=O) groups excluding carboxylic acids is 1. The van der Waals surface area contributed by atoms with Gasteiger partial charge in [0.25, 0.3) is 11.5 Å². The van der Waals surface area contributed by atoms with Crippen LogP contribution in [-0.2, 0) is 0 Å². The van der Waals surface area contributed by atoms with Gasteiger partial charge < -0.3 is 5.32 Å². The van der Waals surface area contributed by atoms with Crippen LogP contribution in [-0.4, -0.2) is 15.5 Å². The van der Waals surface area contributed by atoms with Gasteiger partial charge in [0, 0.05) is 11.3 Å². The molecule has 28 heavy (non-hydrogen) atoms. The van der Waals surface area contributed by atoms with Crippen LogP contribution in [0.5, 0.6) is 0 Å². The van der Waals surface area contributed by atoms with Crippen molar-refractivity contribution >= 4 is 22.5 Å². The molecule has 4 rings (SSSR count). The van der Waals surface area contributed by atoms with E-state index in [4.69, 9.17) is 0 Å². The molecule has 1 N–H and O–H groups in total. The average Bonchev–Trinajstić information content (AvgIpc) is 2.69. The Kier molecular flexibility index (Phi) is 4.45. The predicted octanol–water partition coefficient (Wildman–Crippen LogP) is 4.09. The Labute approximate surface area is 160 Å². The fourth-order valence-electron chi connectivity index (χ4n) is 3.08. The molecule has 0 unspecified atom stereocenters. The Balaban J connectivity index is 1.71. The highest BCUT2D eigenvalue weighted by atomic mass is 19.1. The molecule has 0 bridgehead atoms. The first-order chi connectivity index (χ1) is 13.5. The minimum absolute atomic E-state index is 0.176. The molecule has 0 atom stereocenters. The smallest absolute Gasteiger partial charge is 0.265 e. The molecule has 138 valence electrons. The summed E-state index contributed by atoms with van der Waals surface area (Å²) in [4.78, 5) is 29.8. The van der Waals surface area contributed by atoms with Crippen LogP contribution in [0.1, 0.15) is 16.2 Å². The summed E-state index contributed by atoms with van der Waals surface area (Å²) < 4.78 is 14.5. The van der Waals surface area contributed by atoms with E-state index in [-0.39, 0.29) is 11.5 Å². The maximum Gasteiger partial charge on any atom is 0.265 e. The minimum Gasteiger partial charge on any atom is -0.322 e. The van der Waals surface area contributed by atoms with E-state index in [0.717, 1.165) is 0 Å². The quantitative estimate of drug-likeness (QED) is 0.588. The predicted molar refractivity (Wildman–Crippen MR) is 106 cm³/mol. The number of fused-ring (bicyclic) bond motifs is 1. The summed E-state index contributed by atoms with van der Waals surface area (Å²) in [5, 5.41) is 3.29. The first-order valence-electron chi connectivity index (χ1n) is 8.69. The normalized spacial score (nSPS) is 10.8. The summed E-state index contributed by atoms with van der Waals surface area (Å²) in [7, 11) is 0. The fraction of sp³-hybridized carbons (Fsp3) is 0.0455. The number of anilines is 1. The summed E-state index contributed by atoms with van der Waals surface area (Å²) in [5.41, 5.74) is 1.92. The summed E-state index contributed by atoms with van der Waals surface area (Å²) in [5.74, 6) is -0.222. The van der Waals surface area contributed by atoms with E-state index in [9.17, 15) is 14.0 Å². The maximum atomic E-state index is 13.0. The molecule has 0 saturated carbocycles. The Hall–Kier alpha value is -3.80. The molecular formula is C22H16FN3O2. The van der Waals surface area contributed by atoms with E-state index in [1.54, 1.807) is 49.4 Å². The van der Waals surface area contributed by atoms with Crippen LogP contribution in [0, 0.1) is 12.7 Å². The number of hydrogen-bond donors (Lipinski definition) is 1. The third-order valence-corrected chi connectivity index (χ3v) is 4.41. The Bertz CT molecular complexity index is 1250. The highest BCUT2D eigenvalue weighted by molar-refractivity contribution is 6.04. The van der Waals surface area contributed by atoms with Gasteiger partial charge in [-0.1, -0.05) is 18.2 Å². The van der Waals surface area contributed by atoms with Crippen LogP contribution >= 0.6 is 0 Å².